The van der Waals surface area contributed by atoms with Gasteiger partial charge in [0.25, 0.3) is 0 Å². The molecule has 1 N–H and O–H groups in total. The van der Waals surface area contributed by atoms with Crippen LogP contribution in [0.1, 0.15) is 5.56 Å². The average molecular weight is 313 g/mol. The van der Waals surface area contributed by atoms with E-state index in [-0.39, 0.29) is 11.6 Å². The molecule has 106 valence electrons. The van der Waals surface area contributed by atoms with Crippen molar-refractivity contribution >= 4 is 27.4 Å². The largest absolute Gasteiger partial charge is 0.497 e. The predicted molar refractivity (Wildman–Crippen MR) is 78.5 cm³/mol. The van der Waals surface area contributed by atoms with E-state index in [4.69, 9.17) is 16.3 Å². The number of benzene rings is 1. The van der Waals surface area contributed by atoms with Crippen molar-refractivity contribution in [3.8, 4) is 5.75 Å². The van der Waals surface area contributed by atoms with Gasteiger partial charge < -0.3 is 4.74 Å². The lowest BCUT2D eigenvalue weighted by molar-refractivity contribution is 0.414. The third-order valence-electron chi connectivity index (χ3n) is 2.48. The lowest BCUT2D eigenvalue weighted by atomic mass is 10.2. The molecular formula is C13H13ClN2O3S. The number of aromatic nitrogens is 1. The molecule has 0 saturated carbocycles. The molecule has 1 heterocycles. The van der Waals surface area contributed by atoms with E-state index in [1.165, 1.54) is 19.4 Å². The number of rotatable bonds is 5. The normalized spacial score (nSPS) is 11.1. The monoisotopic (exact) mass is 312 g/mol. The standard InChI is InChI=1S/C13H13ClN2O3S/c1-19-12-4-2-3-10(7-12)9-20(17,18)16-13-6-5-11(14)8-15-13/h2-8H,9H2,1H3,(H,15,16). The number of nitrogens with zero attached hydrogens (tertiary/aromatic N) is 1. The molecule has 1 aromatic carbocycles. The van der Waals surface area contributed by atoms with Crippen LogP contribution in [-0.4, -0.2) is 20.5 Å². The summed E-state index contributed by atoms with van der Waals surface area (Å²) in [5.74, 6) is 0.689. The highest BCUT2D eigenvalue weighted by Crippen LogP contribution is 2.17. The van der Waals surface area contributed by atoms with Crippen LogP contribution in [0.5, 0.6) is 5.75 Å². The molecule has 2 aromatic rings. The Kier molecular flexibility index (Phi) is 4.46. The van der Waals surface area contributed by atoms with Gasteiger partial charge in [-0.1, -0.05) is 23.7 Å². The summed E-state index contributed by atoms with van der Waals surface area (Å²) in [5, 5.41) is 0.445. The zero-order valence-electron chi connectivity index (χ0n) is 10.7. The number of methoxy groups -OCH3 is 1. The molecule has 1 aromatic heterocycles. The summed E-state index contributed by atoms with van der Waals surface area (Å²) in [6.45, 7) is 0. The van der Waals surface area contributed by atoms with Gasteiger partial charge in [-0.05, 0) is 29.8 Å². The number of halogens is 1. The second-order valence-corrected chi connectivity index (χ2v) is 6.23. The predicted octanol–water partition coefficient (Wildman–Crippen LogP) is 2.69. The number of ether oxygens (including phenoxy) is 1. The molecule has 0 atom stereocenters. The SMILES string of the molecule is COc1cccc(CS(=O)(=O)Nc2ccc(Cl)cn2)c1. The maximum absolute atomic E-state index is 12.0. The van der Waals surface area contributed by atoms with Gasteiger partial charge in [0.1, 0.15) is 11.6 Å². The van der Waals surface area contributed by atoms with E-state index in [1.54, 1.807) is 30.3 Å². The Hall–Kier alpha value is -1.79. The molecule has 0 spiro atoms. The summed E-state index contributed by atoms with van der Waals surface area (Å²) in [6.07, 6.45) is 1.38. The van der Waals surface area contributed by atoms with Gasteiger partial charge in [0.2, 0.25) is 10.0 Å². The van der Waals surface area contributed by atoms with Crippen molar-refractivity contribution in [2.75, 3.05) is 11.8 Å². The Morgan fingerprint density at radius 2 is 2.10 bits per heavy atom. The highest BCUT2D eigenvalue weighted by Gasteiger charge is 2.13. The molecular weight excluding hydrogens is 300 g/mol. The highest BCUT2D eigenvalue weighted by molar-refractivity contribution is 7.91. The van der Waals surface area contributed by atoms with Crippen LogP contribution in [-0.2, 0) is 15.8 Å². The Morgan fingerprint density at radius 3 is 2.75 bits per heavy atom. The minimum Gasteiger partial charge on any atom is -0.497 e. The lowest BCUT2D eigenvalue weighted by Gasteiger charge is -2.08. The first-order valence-corrected chi connectivity index (χ1v) is 7.76. The van der Waals surface area contributed by atoms with Crippen molar-refractivity contribution in [2.24, 2.45) is 0 Å². The number of pyridine rings is 1. The quantitative estimate of drug-likeness (QED) is 0.921. The first-order valence-electron chi connectivity index (χ1n) is 5.73. The fourth-order valence-corrected chi connectivity index (χ4v) is 2.85. The van der Waals surface area contributed by atoms with Gasteiger partial charge in [0, 0.05) is 6.20 Å². The van der Waals surface area contributed by atoms with Crippen LogP contribution < -0.4 is 9.46 Å². The summed E-state index contributed by atoms with van der Waals surface area (Å²) in [6, 6.07) is 9.96. The van der Waals surface area contributed by atoms with E-state index >= 15 is 0 Å². The second-order valence-electron chi connectivity index (χ2n) is 4.07. The van der Waals surface area contributed by atoms with Crippen molar-refractivity contribution in [1.82, 2.24) is 4.98 Å². The van der Waals surface area contributed by atoms with Gasteiger partial charge in [0.05, 0.1) is 17.9 Å². The van der Waals surface area contributed by atoms with E-state index in [2.05, 4.69) is 9.71 Å². The van der Waals surface area contributed by atoms with E-state index in [1.807, 2.05) is 0 Å². The summed E-state index contributed by atoms with van der Waals surface area (Å²) >= 11 is 5.69. The average Bonchev–Trinajstić information content (AvgIpc) is 2.41. The molecule has 0 amide bonds. The van der Waals surface area contributed by atoms with Crippen LogP contribution in [0.15, 0.2) is 42.6 Å². The Balaban J connectivity index is 2.12. The molecule has 20 heavy (non-hydrogen) atoms. The van der Waals surface area contributed by atoms with Crippen molar-refractivity contribution in [3.05, 3.63) is 53.2 Å². The number of hydrogen-bond donors (Lipinski definition) is 1. The zero-order valence-corrected chi connectivity index (χ0v) is 12.3. The maximum Gasteiger partial charge on any atom is 0.238 e. The molecule has 7 heteroatoms. The van der Waals surface area contributed by atoms with E-state index in [0.717, 1.165) is 0 Å². The van der Waals surface area contributed by atoms with Gasteiger partial charge in [-0.25, -0.2) is 13.4 Å². The van der Waals surface area contributed by atoms with Crippen LogP contribution in [0, 0.1) is 0 Å². The fourth-order valence-electron chi connectivity index (χ4n) is 1.61. The van der Waals surface area contributed by atoms with Crippen LogP contribution in [0.3, 0.4) is 0 Å². The molecule has 2 rings (SSSR count). The molecule has 5 nitrogen and oxygen atoms in total. The Labute approximate surface area is 122 Å². The topological polar surface area (TPSA) is 68.3 Å². The molecule has 0 saturated heterocycles. The minimum absolute atomic E-state index is 0.158. The van der Waals surface area contributed by atoms with E-state index in [9.17, 15) is 8.42 Å². The van der Waals surface area contributed by atoms with Crippen molar-refractivity contribution in [1.29, 1.82) is 0 Å². The van der Waals surface area contributed by atoms with Gasteiger partial charge in [-0.3, -0.25) is 4.72 Å². The first-order chi connectivity index (χ1) is 9.48. The minimum atomic E-state index is -3.54. The fraction of sp³-hybridized carbons (Fsp3) is 0.154. The number of hydrogen-bond acceptors (Lipinski definition) is 4. The summed E-state index contributed by atoms with van der Waals surface area (Å²) in [4.78, 5) is 3.89. The Bertz CT molecular complexity index is 687. The van der Waals surface area contributed by atoms with E-state index < -0.39 is 10.0 Å². The second kappa shape index (κ2) is 6.11. The van der Waals surface area contributed by atoms with Crippen molar-refractivity contribution in [3.63, 3.8) is 0 Å². The third kappa shape index (κ3) is 4.11. The molecule has 0 bridgehead atoms. The van der Waals surface area contributed by atoms with Crippen LogP contribution in [0.4, 0.5) is 5.82 Å². The maximum atomic E-state index is 12.0. The highest BCUT2D eigenvalue weighted by atomic mass is 35.5. The summed E-state index contributed by atoms with van der Waals surface area (Å²) in [7, 11) is -2.01. The van der Waals surface area contributed by atoms with Crippen molar-refractivity contribution < 1.29 is 13.2 Å². The number of sulfonamides is 1. The van der Waals surface area contributed by atoms with Crippen LogP contribution in [0.2, 0.25) is 5.02 Å². The molecule has 0 fully saturated rings. The van der Waals surface area contributed by atoms with E-state index in [0.29, 0.717) is 16.3 Å². The molecule has 0 unspecified atom stereocenters. The molecule has 0 radical (unpaired) electrons. The lowest BCUT2D eigenvalue weighted by Crippen LogP contribution is -2.15. The van der Waals surface area contributed by atoms with Crippen LogP contribution in [0.25, 0.3) is 0 Å². The molecule has 0 aliphatic carbocycles. The Morgan fingerprint density at radius 1 is 1.30 bits per heavy atom. The smallest absolute Gasteiger partial charge is 0.238 e. The molecule has 0 aliphatic rings. The summed E-state index contributed by atoms with van der Waals surface area (Å²) in [5.41, 5.74) is 0.630. The molecule has 0 aliphatic heterocycles. The van der Waals surface area contributed by atoms with Gasteiger partial charge in [-0.15, -0.1) is 0 Å². The van der Waals surface area contributed by atoms with Crippen molar-refractivity contribution in [2.45, 2.75) is 5.75 Å². The van der Waals surface area contributed by atoms with Gasteiger partial charge >= 0.3 is 0 Å². The first kappa shape index (κ1) is 14.6. The van der Waals surface area contributed by atoms with Gasteiger partial charge in [-0.2, -0.15) is 0 Å². The number of nitrogens with one attached hydrogen (secondary N) is 1. The van der Waals surface area contributed by atoms with Crippen LogP contribution >= 0.6 is 11.6 Å². The summed E-state index contributed by atoms with van der Waals surface area (Å²) < 4.78 is 31.5. The number of anilines is 1. The zero-order chi connectivity index (χ0) is 14.6. The third-order valence-corrected chi connectivity index (χ3v) is 3.94. The van der Waals surface area contributed by atoms with Gasteiger partial charge in [0.15, 0.2) is 0 Å².